The summed E-state index contributed by atoms with van der Waals surface area (Å²) < 4.78 is 4.91. The molecule has 7 heteroatoms. The average molecular weight is 266 g/mol. The highest BCUT2D eigenvalue weighted by Crippen LogP contribution is 2.05. The number of rotatable bonds is 8. The quantitative estimate of drug-likeness (QED) is 0.426. The van der Waals surface area contributed by atoms with Gasteiger partial charge in [0.15, 0.2) is 5.82 Å². The van der Waals surface area contributed by atoms with Crippen molar-refractivity contribution in [3.8, 4) is 0 Å². The maximum atomic E-state index is 10.6. The first-order valence-corrected chi connectivity index (χ1v) is 5.81. The third kappa shape index (κ3) is 5.82. The van der Waals surface area contributed by atoms with Crippen molar-refractivity contribution in [1.82, 2.24) is 15.2 Å². The molecule has 0 aromatic carbocycles. The minimum absolute atomic E-state index is 0.436. The first-order valence-electron chi connectivity index (χ1n) is 5.81. The van der Waals surface area contributed by atoms with Crippen molar-refractivity contribution in [2.75, 3.05) is 27.3 Å². The Kier molecular flexibility index (Phi) is 6.31. The van der Waals surface area contributed by atoms with Crippen LogP contribution in [0.5, 0.6) is 0 Å². The molecular weight excluding hydrogens is 248 g/mol. The van der Waals surface area contributed by atoms with E-state index in [4.69, 9.17) is 4.74 Å². The number of hydrogen-bond donors (Lipinski definition) is 1. The van der Waals surface area contributed by atoms with Gasteiger partial charge in [-0.25, -0.2) is 0 Å². The minimum atomic E-state index is -0.477. The lowest BCUT2D eigenvalue weighted by Gasteiger charge is -2.21. The molecule has 19 heavy (non-hydrogen) atoms. The Morgan fingerprint density at radius 1 is 1.68 bits per heavy atom. The zero-order valence-electron chi connectivity index (χ0n) is 11.1. The standard InChI is InChI=1S/C12H18N4O3/c1-15(9-11-4-3-5-13-8-11)12(10-16(17)18)14-6-7-19-2/h3-5,8,10,14H,6-7,9H2,1-2H3/b12-10+. The highest BCUT2D eigenvalue weighted by molar-refractivity contribution is 5.09. The van der Waals surface area contributed by atoms with Crippen molar-refractivity contribution in [3.05, 3.63) is 52.2 Å². The summed E-state index contributed by atoms with van der Waals surface area (Å²) in [4.78, 5) is 15.9. The molecule has 104 valence electrons. The molecule has 1 aromatic heterocycles. The Balaban J connectivity index is 2.66. The van der Waals surface area contributed by atoms with Crippen molar-refractivity contribution < 1.29 is 9.66 Å². The molecule has 0 saturated carbocycles. The Labute approximate surface area is 112 Å². The second-order valence-corrected chi connectivity index (χ2v) is 3.94. The summed E-state index contributed by atoms with van der Waals surface area (Å²) in [5.74, 6) is 0.436. The molecule has 1 heterocycles. The summed E-state index contributed by atoms with van der Waals surface area (Å²) >= 11 is 0. The third-order valence-corrected chi connectivity index (χ3v) is 2.39. The fourth-order valence-electron chi connectivity index (χ4n) is 1.51. The van der Waals surface area contributed by atoms with Crippen LogP contribution in [0, 0.1) is 10.1 Å². The Morgan fingerprint density at radius 3 is 3.05 bits per heavy atom. The van der Waals surface area contributed by atoms with E-state index in [1.807, 2.05) is 12.1 Å². The van der Waals surface area contributed by atoms with E-state index in [0.29, 0.717) is 25.5 Å². The maximum absolute atomic E-state index is 10.6. The summed E-state index contributed by atoms with van der Waals surface area (Å²) in [5.41, 5.74) is 0.979. The predicted molar refractivity (Wildman–Crippen MR) is 70.7 cm³/mol. The molecule has 0 fully saturated rings. The molecule has 1 N–H and O–H groups in total. The van der Waals surface area contributed by atoms with Crippen molar-refractivity contribution in [1.29, 1.82) is 0 Å². The lowest BCUT2D eigenvalue weighted by molar-refractivity contribution is -0.404. The summed E-state index contributed by atoms with van der Waals surface area (Å²) in [7, 11) is 3.36. The van der Waals surface area contributed by atoms with Crippen molar-refractivity contribution in [2.45, 2.75) is 6.54 Å². The van der Waals surface area contributed by atoms with E-state index in [-0.39, 0.29) is 0 Å². The van der Waals surface area contributed by atoms with E-state index in [1.165, 1.54) is 0 Å². The monoisotopic (exact) mass is 266 g/mol. The fraction of sp³-hybridized carbons (Fsp3) is 0.417. The van der Waals surface area contributed by atoms with Crippen LogP contribution in [-0.4, -0.2) is 42.1 Å². The van der Waals surface area contributed by atoms with E-state index in [9.17, 15) is 10.1 Å². The number of nitrogens with zero attached hydrogens (tertiary/aromatic N) is 3. The topological polar surface area (TPSA) is 80.5 Å². The predicted octanol–water partition coefficient (Wildman–Crippen LogP) is 0.825. The minimum Gasteiger partial charge on any atom is -0.383 e. The highest BCUT2D eigenvalue weighted by Gasteiger charge is 2.09. The molecule has 0 amide bonds. The van der Waals surface area contributed by atoms with Crippen LogP contribution < -0.4 is 5.32 Å². The Hall–Kier alpha value is -2.15. The highest BCUT2D eigenvalue weighted by atomic mass is 16.6. The van der Waals surface area contributed by atoms with Crippen molar-refractivity contribution >= 4 is 0 Å². The molecule has 0 bridgehead atoms. The van der Waals surface area contributed by atoms with Gasteiger partial charge < -0.3 is 15.0 Å². The van der Waals surface area contributed by atoms with Gasteiger partial charge in [-0.15, -0.1) is 0 Å². The van der Waals surface area contributed by atoms with Crippen LogP contribution in [0.1, 0.15) is 5.56 Å². The molecule has 0 aliphatic rings. The molecule has 1 rings (SSSR count). The van der Waals surface area contributed by atoms with E-state index in [1.54, 1.807) is 31.5 Å². The van der Waals surface area contributed by atoms with Crippen molar-refractivity contribution in [2.24, 2.45) is 0 Å². The van der Waals surface area contributed by atoms with Gasteiger partial charge in [-0.1, -0.05) is 6.07 Å². The van der Waals surface area contributed by atoms with Crippen LogP contribution in [0.3, 0.4) is 0 Å². The van der Waals surface area contributed by atoms with Crippen LogP contribution >= 0.6 is 0 Å². The van der Waals surface area contributed by atoms with Gasteiger partial charge in [0.1, 0.15) is 0 Å². The molecular formula is C12H18N4O3. The molecule has 0 aliphatic heterocycles. The van der Waals surface area contributed by atoms with Crippen molar-refractivity contribution in [3.63, 3.8) is 0 Å². The van der Waals surface area contributed by atoms with Crippen LogP contribution in [-0.2, 0) is 11.3 Å². The van der Waals surface area contributed by atoms with Gasteiger partial charge in [-0.05, 0) is 11.6 Å². The zero-order valence-corrected chi connectivity index (χ0v) is 11.1. The number of hydrogen-bond acceptors (Lipinski definition) is 6. The van der Waals surface area contributed by atoms with E-state index >= 15 is 0 Å². The second kappa shape index (κ2) is 8.04. The lowest BCUT2D eigenvalue weighted by Crippen LogP contribution is -2.31. The SMILES string of the molecule is COCCN/C(=C\[N+](=O)[O-])N(C)Cc1cccnc1. The van der Waals surface area contributed by atoms with Gasteiger partial charge in [0.2, 0.25) is 0 Å². The Bertz CT molecular complexity index is 422. The summed E-state index contributed by atoms with van der Waals surface area (Å²) in [6.45, 7) is 1.52. The third-order valence-electron chi connectivity index (χ3n) is 2.39. The van der Waals surface area contributed by atoms with Gasteiger partial charge in [0.05, 0.1) is 11.5 Å². The van der Waals surface area contributed by atoms with Gasteiger partial charge >= 0.3 is 0 Å². The second-order valence-electron chi connectivity index (χ2n) is 3.94. The zero-order chi connectivity index (χ0) is 14.1. The average Bonchev–Trinajstić information content (AvgIpc) is 2.38. The number of ether oxygens (including phenoxy) is 1. The van der Waals surface area contributed by atoms with Crippen LogP contribution in [0.4, 0.5) is 0 Å². The number of pyridine rings is 1. The van der Waals surface area contributed by atoms with Crippen LogP contribution in [0.25, 0.3) is 0 Å². The molecule has 0 aliphatic carbocycles. The molecule has 1 aromatic rings. The van der Waals surface area contributed by atoms with E-state index in [0.717, 1.165) is 11.8 Å². The van der Waals surface area contributed by atoms with Crippen LogP contribution in [0.15, 0.2) is 36.5 Å². The summed E-state index contributed by atoms with van der Waals surface area (Å²) in [5, 5.41) is 13.6. The molecule has 0 atom stereocenters. The molecule has 0 radical (unpaired) electrons. The number of nitrogens with one attached hydrogen (secondary N) is 1. The molecule has 0 unspecified atom stereocenters. The first-order chi connectivity index (χ1) is 9.13. The van der Waals surface area contributed by atoms with Gasteiger partial charge in [-0.2, -0.15) is 0 Å². The van der Waals surface area contributed by atoms with Gasteiger partial charge in [-0.3, -0.25) is 15.1 Å². The maximum Gasteiger partial charge on any atom is 0.274 e. The van der Waals surface area contributed by atoms with E-state index in [2.05, 4.69) is 10.3 Å². The first kappa shape index (κ1) is 14.9. The fourth-order valence-corrected chi connectivity index (χ4v) is 1.51. The molecule has 0 spiro atoms. The normalized spacial score (nSPS) is 11.2. The molecule has 7 nitrogen and oxygen atoms in total. The van der Waals surface area contributed by atoms with Gasteiger partial charge in [0, 0.05) is 39.6 Å². The smallest absolute Gasteiger partial charge is 0.274 e. The summed E-state index contributed by atoms with van der Waals surface area (Å²) in [6.07, 6.45) is 4.37. The number of nitro groups is 1. The number of methoxy groups -OCH3 is 1. The Morgan fingerprint density at radius 2 is 2.47 bits per heavy atom. The molecule has 0 saturated heterocycles. The van der Waals surface area contributed by atoms with E-state index < -0.39 is 4.92 Å². The summed E-state index contributed by atoms with van der Waals surface area (Å²) in [6, 6.07) is 3.75. The van der Waals surface area contributed by atoms with Gasteiger partial charge in [0.25, 0.3) is 6.20 Å². The lowest BCUT2D eigenvalue weighted by atomic mass is 10.3. The largest absolute Gasteiger partial charge is 0.383 e. The number of aromatic nitrogens is 1. The van der Waals surface area contributed by atoms with Crippen LogP contribution in [0.2, 0.25) is 0 Å².